The van der Waals surface area contributed by atoms with Gasteiger partial charge in [-0.2, -0.15) is 5.10 Å². The number of carbonyl (C=O) groups is 1. The van der Waals surface area contributed by atoms with Crippen LogP contribution >= 0.6 is 11.6 Å². The van der Waals surface area contributed by atoms with Crippen molar-refractivity contribution >= 4 is 17.5 Å². The van der Waals surface area contributed by atoms with E-state index < -0.39 is 6.10 Å². The van der Waals surface area contributed by atoms with Gasteiger partial charge >= 0.3 is 0 Å². The molecular formula is C25H26ClN3O2. The number of aliphatic hydroxyl groups excluding tert-OH is 1. The summed E-state index contributed by atoms with van der Waals surface area (Å²) >= 11 is 6.76. The van der Waals surface area contributed by atoms with Crippen molar-refractivity contribution in [3.63, 3.8) is 0 Å². The maximum absolute atomic E-state index is 13.2. The molecule has 0 spiro atoms. The molecule has 160 valence electrons. The second-order valence-electron chi connectivity index (χ2n) is 8.65. The van der Waals surface area contributed by atoms with E-state index in [1.165, 1.54) is 0 Å². The van der Waals surface area contributed by atoms with Gasteiger partial charge in [-0.1, -0.05) is 36.6 Å². The van der Waals surface area contributed by atoms with E-state index in [0.717, 1.165) is 53.6 Å². The molecule has 0 bridgehead atoms. The summed E-state index contributed by atoms with van der Waals surface area (Å²) in [7, 11) is 0. The average Bonchev–Trinajstić information content (AvgIpc) is 3.42. The van der Waals surface area contributed by atoms with Gasteiger partial charge in [-0.05, 0) is 67.1 Å². The van der Waals surface area contributed by atoms with Crippen molar-refractivity contribution in [1.29, 1.82) is 0 Å². The lowest BCUT2D eigenvalue weighted by molar-refractivity contribution is 0.0191. The Hall–Kier alpha value is -2.63. The lowest BCUT2D eigenvalue weighted by Crippen LogP contribution is -2.45. The molecule has 31 heavy (non-hydrogen) atoms. The Balaban J connectivity index is 1.41. The molecule has 1 saturated carbocycles. The highest BCUT2D eigenvalue weighted by atomic mass is 35.5. The van der Waals surface area contributed by atoms with Crippen molar-refractivity contribution in [3.05, 3.63) is 81.6 Å². The van der Waals surface area contributed by atoms with Gasteiger partial charge in [0, 0.05) is 35.1 Å². The predicted octanol–water partition coefficient (Wildman–Crippen LogP) is 4.68. The van der Waals surface area contributed by atoms with E-state index in [9.17, 15) is 9.90 Å². The molecular weight excluding hydrogens is 410 g/mol. The fraction of sp³-hybridized carbons (Fsp3) is 0.360. The lowest BCUT2D eigenvalue weighted by Gasteiger charge is -2.35. The average molecular weight is 436 g/mol. The summed E-state index contributed by atoms with van der Waals surface area (Å²) in [5.74, 6) is -0.00173. The first-order chi connectivity index (χ1) is 15.0. The van der Waals surface area contributed by atoms with Crippen LogP contribution in [0.3, 0.4) is 0 Å². The molecule has 1 aliphatic carbocycles. The first-order valence-electron chi connectivity index (χ1n) is 10.9. The van der Waals surface area contributed by atoms with Crippen LogP contribution in [0.1, 0.15) is 58.3 Å². The number of aromatic nitrogens is 2. The highest BCUT2D eigenvalue weighted by Gasteiger charge is 2.38. The highest BCUT2D eigenvalue weighted by molar-refractivity contribution is 6.33. The minimum absolute atomic E-state index is 0.00173. The minimum atomic E-state index is -0.445. The largest absolute Gasteiger partial charge is 0.391 e. The molecule has 1 aromatic heterocycles. The number of nitrogens with zero attached hydrogens (tertiary/aromatic N) is 3. The topological polar surface area (TPSA) is 58.4 Å². The van der Waals surface area contributed by atoms with Gasteiger partial charge < -0.3 is 10.0 Å². The first kappa shape index (κ1) is 20.3. The zero-order valence-electron chi connectivity index (χ0n) is 17.6. The van der Waals surface area contributed by atoms with Crippen LogP contribution in [0.2, 0.25) is 5.02 Å². The van der Waals surface area contributed by atoms with E-state index in [0.29, 0.717) is 23.6 Å². The van der Waals surface area contributed by atoms with Gasteiger partial charge in [0.1, 0.15) is 0 Å². The third-order valence-electron chi connectivity index (χ3n) is 6.73. The van der Waals surface area contributed by atoms with Crippen molar-refractivity contribution in [2.24, 2.45) is 0 Å². The zero-order valence-corrected chi connectivity index (χ0v) is 18.3. The second-order valence-corrected chi connectivity index (χ2v) is 9.02. The molecule has 3 aromatic rings. The summed E-state index contributed by atoms with van der Waals surface area (Å²) in [6.07, 6.45) is 7.63. The molecule has 1 fully saturated rings. The third-order valence-corrected chi connectivity index (χ3v) is 7.24. The quantitative estimate of drug-likeness (QED) is 0.647. The van der Waals surface area contributed by atoms with Crippen molar-refractivity contribution < 1.29 is 9.90 Å². The van der Waals surface area contributed by atoms with Crippen LogP contribution in [0.4, 0.5) is 0 Å². The van der Waals surface area contributed by atoms with Crippen LogP contribution in [0.25, 0.3) is 5.69 Å². The SMILES string of the molecule is Cc1c(Cc2ccc(-n3cccn3)cc2)cc2c(c1Cl)CN(C1CCCCC1O)C2=O. The van der Waals surface area contributed by atoms with Gasteiger partial charge in [0.05, 0.1) is 17.8 Å². The van der Waals surface area contributed by atoms with Crippen LogP contribution in [0.5, 0.6) is 0 Å². The number of fused-ring (bicyclic) bond motifs is 1. The van der Waals surface area contributed by atoms with Crippen molar-refractivity contribution in [2.75, 3.05) is 0 Å². The number of carbonyl (C=O) groups excluding carboxylic acids is 1. The summed E-state index contributed by atoms with van der Waals surface area (Å²) in [6.45, 7) is 2.52. The van der Waals surface area contributed by atoms with E-state index in [2.05, 4.69) is 17.2 Å². The molecule has 2 aromatic carbocycles. The molecule has 2 aliphatic rings. The Morgan fingerprint density at radius 2 is 1.97 bits per heavy atom. The van der Waals surface area contributed by atoms with Gasteiger partial charge in [-0.3, -0.25) is 4.79 Å². The summed E-state index contributed by atoms with van der Waals surface area (Å²) < 4.78 is 1.83. The summed E-state index contributed by atoms with van der Waals surface area (Å²) in [4.78, 5) is 15.1. The van der Waals surface area contributed by atoms with Crippen LogP contribution in [-0.2, 0) is 13.0 Å². The number of hydrogen-bond acceptors (Lipinski definition) is 3. The van der Waals surface area contributed by atoms with Crippen molar-refractivity contribution in [3.8, 4) is 5.69 Å². The van der Waals surface area contributed by atoms with E-state index in [1.807, 2.05) is 47.0 Å². The fourth-order valence-electron chi connectivity index (χ4n) is 4.91. The summed E-state index contributed by atoms with van der Waals surface area (Å²) in [6, 6.07) is 12.1. The molecule has 2 unspecified atom stereocenters. The fourth-order valence-corrected chi connectivity index (χ4v) is 5.20. The molecule has 2 heterocycles. The zero-order chi connectivity index (χ0) is 21.5. The van der Waals surface area contributed by atoms with Crippen LogP contribution in [-0.4, -0.2) is 37.8 Å². The maximum atomic E-state index is 13.2. The normalized spacial score (nSPS) is 20.9. The van der Waals surface area contributed by atoms with Gasteiger partial charge in [0.25, 0.3) is 5.91 Å². The molecule has 0 saturated heterocycles. The molecule has 2 atom stereocenters. The Kier molecular flexibility index (Phi) is 5.32. The predicted molar refractivity (Wildman–Crippen MR) is 121 cm³/mol. The van der Waals surface area contributed by atoms with Gasteiger partial charge in [-0.25, -0.2) is 4.68 Å². The van der Waals surface area contributed by atoms with Crippen LogP contribution < -0.4 is 0 Å². The van der Waals surface area contributed by atoms with E-state index in [-0.39, 0.29) is 11.9 Å². The molecule has 1 N–H and O–H groups in total. The van der Waals surface area contributed by atoms with E-state index in [1.54, 1.807) is 6.20 Å². The van der Waals surface area contributed by atoms with Gasteiger partial charge in [0.2, 0.25) is 0 Å². The molecule has 1 amide bonds. The number of rotatable bonds is 4. The van der Waals surface area contributed by atoms with Gasteiger partial charge in [-0.15, -0.1) is 0 Å². The van der Waals surface area contributed by atoms with Crippen LogP contribution in [0.15, 0.2) is 48.8 Å². The number of aliphatic hydroxyl groups is 1. The molecule has 0 radical (unpaired) electrons. The van der Waals surface area contributed by atoms with E-state index in [4.69, 9.17) is 11.6 Å². The Labute approximate surface area is 187 Å². The third kappa shape index (κ3) is 3.66. The minimum Gasteiger partial charge on any atom is -0.391 e. The number of hydrogen-bond donors (Lipinski definition) is 1. The first-order valence-corrected chi connectivity index (χ1v) is 11.3. The standard InChI is InChI=1S/C25H26ClN3O2/c1-16-18(13-17-7-9-19(10-8-17)29-12-4-11-27-29)14-20-21(24(16)26)15-28(25(20)31)22-5-2-3-6-23(22)30/h4,7-12,14,22-23,30H,2-3,5-6,13,15H2,1H3. The molecule has 1 aliphatic heterocycles. The Morgan fingerprint density at radius 3 is 2.68 bits per heavy atom. The lowest BCUT2D eigenvalue weighted by atomic mass is 9.91. The number of halogens is 1. The molecule has 5 nitrogen and oxygen atoms in total. The van der Waals surface area contributed by atoms with Gasteiger partial charge in [0.15, 0.2) is 0 Å². The smallest absolute Gasteiger partial charge is 0.254 e. The van der Waals surface area contributed by atoms with Crippen LogP contribution in [0, 0.1) is 6.92 Å². The monoisotopic (exact) mass is 435 g/mol. The molecule has 5 rings (SSSR count). The van der Waals surface area contributed by atoms with Crippen molar-refractivity contribution in [2.45, 2.75) is 57.7 Å². The summed E-state index contributed by atoms with van der Waals surface area (Å²) in [5.41, 5.74) is 5.84. The Bertz CT molecular complexity index is 1110. The second kappa shape index (κ2) is 8.13. The number of benzene rings is 2. The molecule has 6 heteroatoms. The summed E-state index contributed by atoms with van der Waals surface area (Å²) in [5, 5.41) is 15.4. The van der Waals surface area contributed by atoms with E-state index >= 15 is 0 Å². The Morgan fingerprint density at radius 1 is 1.19 bits per heavy atom. The maximum Gasteiger partial charge on any atom is 0.254 e. The number of amides is 1. The van der Waals surface area contributed by atoms with Crippen molar-refractivity contribution in [1.82, 2.24) is 14.7 Å². The highest BCUT2D eigenvalue weighted by Crippen LogP contribution is 2.37.